The Morgan fingerprint density at radius 3 is 2.93 bits per heavy atom. The molecule has 1 rings (SSSR count). The molecule has 0 saturated carbocycles. The molecule has 0 amide bonds. The number of aromatic amines is 1. The minimum atomic E-state index is -0.149. The van der Waals surface area contributed by atoms with Gasteiger partial charge in [-0.25, -0.2) is 4.98 Å². The highest BCUT2D eigenvalue weighted by Crippen LogP contribution is 2.19. The monoisotopic (exact) mass is 210 g/mol. The lowest BCUT2D eigenvalue weighted by atomic mass is 9.89. The third kappa shape index (κ3) is 4.12. The molecule has 5 nitrogen and oxygen atoms in total. The van der Waals surface area contributed by atoms with Crippen LogP contribution in [0.1, 0.15) is 20.3 Å². The van der Waals surface area contributed by atoms with Crippen LogP contribution >= 0.6 is 0 Å². The lowest BCUT2D eigenvalue weighted by Gasteiger charge is -2.24. The number of nitrogens with one attached hydrogen (secondary N) is 2. The van der Waals surface area contributed by atoms with Crippen LogP contribution in [0.2, 0.25) is 0 Å². The fraction of sp³-hybridized carbons (Fsp3) is 0.600. The number of nitrogens with zero attached hydrogens (tertiary/aromatic N) is 1. The van der Waals surface area contributed by atoms with Gasteiger partial charge in [0.05, 0.1) is 6.33 Å². The first kappa shape index (κ1) is 11.7. The third-order valence-corrected chi connectivity index (χ3v) is 2.25. The van der Waals surface area contributed by atoms with Gasteiger partial charge in [0, 0.05) is 12.6 Å². The summed E-state index contributed by atoms with van der Waals surface area (Å²) in [6.07, 6.45) is 2.32. The maximum absolute atomic E-state index is 11.0. The van der Waals surface area contributed by atoms with Gasteiger partial charge in [0.25, 0.3) is 5.56 Å². The average Bonchev–Trinajstić information content (AvgIpc) is 2.15. The van der Waals surface area contributed by atoms with Gasteiger partial charge >= 0.3 is 0 Å². The third-order valence-electron chi connectivity index (χ3n) is 2.25. The fourth-order valence-corrected chi connectivity index (χ4v) is 1.27. The fourth-order valence-electron chi connectivity index (χ4n) is 1.27. The van der Waals surface area contributed by atoms with Crippen molar-refractivity contribution >= 4 is 5.82 Å². The molecule has 0 radical (unpaired) electrons. The molecule has 1 aromatic rings. The molecule has 0 aliphatic carbocycles. The van der Waals surface area contributed by atoms with E-state index in [2.05, 4.69) is 29.1 Å². The van der Waals surface area contributed by atoms with Crippen LogP contribution in [0.15, 0.2) is 17.2 Å². The summed E-state index contributed by atoms with van der Waals surface area (Å²) < 4.78 is 0. The Labute approximate surface area is 89.1 Å². The Kier molecular flexibility index (Phi) is 3.85. The second kappa shape index (κ2) is 4.93. The molecule has 0 bridgehead atoms. The summed E-state index contributed by atoms with van der Waals surface area (Å²) in [5, 5.41) is 3.12. The van der Waals surface area contributed by atoms with Gasteiger partial charge in [-0.3, -0.25) is 4.79 Å². The highest BCUT2D eigenvalue weighted by atomic mass is 16.1. The van der Waals surface area contributed by atoms with Crippen LogP contribution in [-0.2, 0) is 0 Å². The Balaban J connectivity index is 2.53. The van der Waals surface area contributed by atoms with E-state index in [0.717, 1.165) is 13.0 Å². The van der Waals surface area contributed by atoms with Gasteiger partial charge in [-0.2, -0.15) is 0 Å². The van der Waals surface area contributed by atoms with E-state index < -0.39 is 0 Å². The first-order valence-corrected chi connectivity index (χ1v) is 5.02. The lowest BCUT2D eigenvalue weighted by Crippen LogP contribution is -2.26. The van der Waals surface area contributed by atoms with Gasteiger partial charge in [-0.1, -0.05) is 13.8 Å². The van der Waals surface area contributed by atoms with Crippen molar-refractivity contribution in [3.05, 3.63) is 22.7 Å². The van der Waals surface area contributed by atoms with Crippen LogP contribution in [0.5, 0.6) is 0 Å². The maximum atomic E-state index is 11.0. The first-order valence-electron chi connectivity index (χ1n) is 5.02. The zero-order valence-electron chi connectivity index (χ0n) is 9.21. The van der Waals surface area contributed by atoms with Gasteiger partial charge < -0.3 is 16.0 Å². The van der Waals surface area contributed by atoms with E-state index in [1.807, 2.05) is 0 Å². The first-order chi connectivity index (χ1) is 7.03. The summed E-state index contributed by atoms with van der Waals surface area (Å²) in [6.45, 7) is 5.66. The molecule has 0 spiro atoms. The number of aromatic nitrogens is 2. The number of hydrogen-bond donors (Lipinski definition) is 3. The SMILES string of the molecule is CC(C)(CCN)CNc1cc(=O)[nH]cn1. The Bertz CT molecular complexity index is 358. The number of H-pyrrole nitrogens is 1. The molecule has 84 valence electrons. The van der Waals surface area contributed by atoms with Gasteiger partial charge in [-0.15, -0.1) is 0 Å². The van der Waals surface area contributed by atoms with Crippen molar-refractivity contribution in [3.8, 4) is 0 Å². The molecule has 1 aromatic heterocycles. The molecule has 5 heteroatoms. The zero-order valence-corrected chi connectivity index (χ0v) is 9.21. The van der Waals surface area contributed by atoms with Crippen molar-refractivity contribution in [2.45, 2.75) is 20.3 Å². The Hall–Kier alpha value is -1.36. The lowest BCUT2D eigenvalue weighted by molar-refractivity contribution is 0.365. The topological polar surface area (TPSA) is 83.8 Å². The minimum Gasteiger partial charge on any atom is -0.369 e. The van der Waals surface area contributed by atoms with Crippen LogP contribution in [0.4, 0.5) is 5.82 Å². The molecule has 0 aliphatic heterocycles. The molecule has 0 saturated heterocycles. The summed E-state index contributed by atoms with van der Waals surface area (Å²) in [4.78, 5) is 17.5. The molecule has 0 unspecified atom stereocenters. The predicted molar refractivity (Wildman–Crippen MR) is 60.8 cm³/mol. The van der Waals surface area contributed by atoms with Gasteiger partial charge in [-0.05, 0) is 18.4 Å². The van der Waals surface area contributed by atoms with Crippen molar-refractivity contribution in [1.82, 2.24) is 9.97 Å². The molecule has 1 heterocycles. The molecular formula is C10H18N4O. The van der Waals surface area contributed by atoms with Crippen LogP contribution < -0.4 is 16.6 Å². The molecular weight excluding hydrogens is 192 g/mol. The molecule has 0 atom stereocenters. The van der Waals surface area contributed by atoms with E-state index >= 15 is 0 Å². The van der Waals surface area contributed by atoms with Crippen molar-refractivity contribution in [3.63, 3.8) is 0 Å². The van der Waals surface area contributed by atoms with E-state index in [9.17, 15) is 4.79 Å². The summed E-state index contributed by atoms with van der Waals surface area (Å²) >= 11 is 0. The molecule has 0 aliphatic rings. The van der Waals surface area contributed by atoms with E-state index in [4.69, 9.17) is 5.73 Å². The Morgan fingerprint density at radius 2 is 2.33 bits per heavy atom. The van der Waals surface area contributed by atoms with Crippen LogP contribution in [0.25, 0.3) is 0 Å². The highest BCUT2D eigenvalue weighted by molar-refractivity contribution is 5.31. The maximum Gasteiger partial charge on any atom is 0.252 e. The molecule has 15 heavy (non-hydrogen) atoms. The van der Waals surface area contributed by atoms with Gasteiger partial charge in [0.1, 0.15) is 5.82 Å². The van der Waals surface area contributed by atoms with Crippen LogP contribution in [0.3, 0.4) is 0 Å². The number of hydrogen-bond acceptors (Lipinski definition) is 4. The van der Waals surface area contributed by atoms with E-state index in [0.29, 0.717) is 12.4 Å². The second-order valence-electron chi connectivity index (χ2n) is 4.35. The van der Waals surface area contributed by atoms with E-state index in [1.54, 1.807) is 0 Å². The summed E-state index contributed by atoms with van der Waals surface area (Å²) in [5.74, 6) is 0.601. The number of rotatable bonds is 5. The van der Waals surface area contributed by atoms with Crippen molar-refractivity contribution in [2.24, 2.45) is 11.1 Å². The zero-order chi connectivity index (χ0) is 11.3. The van der Waals surface area contributed by atoms with Gasteiger partial charge in [0.2, 0.25) is 0 Å². The number of anilines is 1. The van der Waals surface area contributed by atoms with Crippen molar-refractivity contribution in [1.29, 1.82) is 0 Å². The molecule has 0 aromatic carbocycles. The smallest absolute Gasteiger partial charge is 0.252 e. The largest absolute Gasteiger partial charge is 0.369 e. The highest BCUT2D eigenvalue weighted by Gasteiger charge is 2.16. The predicted octanol–water partition coefficient (Wildman–Crippen LogP) is 0.557. The molecule has 4 N–H and O–H groups in total. The Morgan fingerprint density at radius 1 is 1.60 bits per heavy atom. The number of nitrogens with two attached hydrogens (primary N) is 1. The molecule has 0 fully saturated rings. The quantitative estimate of drug-likeness (QED) is 0.663. The van der Waals surface area contributed by atoms with Gasteiger partial charge in [0.15, 0.2) is 0 Å². The summed E-state index contributed by atoms with van der Waals surface area (Å²) in [6, 6.07) is 1.44. The van der Waals surface area contributed by atoms with Crippen molar-refractivity contribution in [2.75, 3.05) is 18.4 Å². The summed E-state index contributed by atoms with van der Waals surface area (Å²) in [7, 11) is 0. The van der Waals surface area contributed by atoms with E-state index in [1.165, 1.54) is 12.4 Å². The normalized spacial score (nSPS) is 11.4. The van der Waals surface area contributed by atoms with Crippen LogP contribution in [-0.4, -0.2) is 23.1 Å². The minimum absolute atomic E-state index is 0.110. The standard InChI is InChI=1S/C10H18N4O/c1-10(2,3-4-11)6-12-8-5-9(15)14-7-13-8/h5,7H,3-4,6,11H2,1-2H3,(H2,12,13,14,15). The summed E-state index contributed by atoms with van der Waals surface area (Å²) in [5.41, 5.74) is 5.47. The average molecular weight is 210 g/mol. The second-order valence-corrected chi connectivity index (χ2v) is 4.35. The van der Waals surface area contributed by atoms with E-state index in [-0.39, 0.29) is 11.0 Å². The van der Waals surface area contributed by atoms with Crippen molar-refractivity contribution < 1.29 is 0 Å². The van der Waals surface area contributed by atoms with Crippen LogP contribution in [0, 0.1) is 5.41 Å².